The Balaban J connectivity index is 1.92. The molecule has 2 N–H and O–H groups in total. The largest absolute Gasteiger partial charge is 0.493 e. The molecule has 0 aromatic heterocycles. The fourth-order valence-corrected chi connectivity index (χ4v) is 2.68. The van der Waals surface area contributed by atoms with Gasteiger partial charge in [-0.25, -0.2) is 0 Å². The lowest BCUT2D eigenvalue weighted by atomic mass is 10.2. The SMILES string of the molecule is CNCCCNCc1ccc(OCc2ccc(Cl)c(Cl)c2)c(OC)c1. The fraction of sp³-hybridized carbons (Fsp3) is 0.368. The second-order valence-corrected chi connectivity index (χ2v) is 6.47. The van der Waals surface area contributed by atoms with E-state index in [4.69, 9.17) is 32.7 Å². The Morgan fingerprint density at radius 3 is 2.44 bits per heavy atom. The number of benzene rings is 2. The third kappa shape index (κ3) is 6.40. The number of nitrogens with one attached hydrogen (secondary N) is 2. The highest BCUT2D eigenvalue weighted by atomic mass is 35.5. The van der Waals surface area contributed by atoms with E-state index in [0.717, 1.165) is 42.9 Å². The maximum Gasteiger partial charge on any atom is 0.161 e. The number of hydrogen-bond acceptors (Lipinski definition) is 4. The highest BCUT2D eigenvalue weighted by Gasteiger charge is 2.07. The molecule has 0 amide bonds. The third-order valence-corrected chi connectivity index (χ3v) is 4.45. The van der Waals surface area contributed by atoms with Crippen molar-refractivity contribution in [3.8, 4) is 11.5 Å². The maximum atomic E-state index is 6.03. The van der Waals surface area contributed by atoms with Gasteiger partial charge in [0, 0.05) is 6.54 Å². The summed E-state index contributed by atoms with van der Waals surface area (Å²) in [5.74, 6) is 1.42. The normalized spacial score (nSPS) is 10.7. The molecular weight excluding hydrogens is 359 g/mol. The van der Waals surface area contributed by atoms with Crippen molar-refractivity contribution >= 4 is 23.2 Å². The van der Waals surface area contributed by atoms with E-state index in [2.05, 4.69) is 10.6 Å². The highest BCUT2D eigenvalue weighted by molar-refractivity contribution is 6.42. The van der Waals surface area contributed by atoms with Crippen LogP contribution in [0, 0.1) is 0 Å². The van der Waals surface area contributed by atoms with E-state index in [1.165, 1.54) is 0 Å². The summed E-state index contributed by atoms with van der Waals surface area (Å²) in [6.45, 7) is 3.18. The molecule has 0 bridgehead atoms. The van der Waals surface area contributed by atoms with Crippen LogP contribution in [-0.4, -0.2) is 27.2 Å². The molecular formula is C19H24Cl2N2O2. The summed E-state index contributed by atoms with van der Waals surface area (Å²) in [7, 11) is 3.60. The molecule has 0 saturated heterocycles. The maximum absolute atomic E-state index is 6.03. The summed E-state index contributed by atoms with van der Waals surface area (Å²) in [6, 6.07) is 11.4. The van der Waals surface area contributed by atoms with Crippen LogP contribution in [0.5, 0.6) is 11.5 Å². The Bertz CT molecular complexity index is 680. The first-order valence-corrected chi connectivity index (χ1v) is 8.98. The van der Waals surface area contributed by atoms with Gasteiger partial charge in [-0.05, 0) is 62.0 Å². The summed E-state index contributed by atoms with van der Waals surface area (Å²) in [6.07, 6.45) is 1.10. The van der Waals surface area contributed by atoms with E-state index < -0.39 is 0 Å². The van der Waals surface area contributed by atoms with Crippen molar-refractivity contribution in [2.75, 3.05) is 27.2 Å². The summed E-state index contributed by atoms with van der Waals surface area (Å²) >= 11 is 12.0. The van der Waals surface area contributed by atoms with Crippen molar-refractivity contribution in [2.45, 2.75) is 19.6 Å². The molecule has 0 radical (unpaired) electrons. The number of halogens is 2. The smallest absolute Gasteiger partial charge is 0.161 e. The number of methoxy groups -OCH3 is 1. The minimum Gasteiger partial charge on any atom is -0.493 e. The van der Waals surface area contributed by atoms with Gasteiger partial charge in [-0.1, -0.05) is 35.3 Å². The molecule has 0 heterocycles. The van der Waals surface area contributed by atoms with Gasteiger partial charge < -0.3 is 20.1 Å². The van der Waals surface area contributed by atoms with Gasteiger partial charge >= 0.3 is 0 Å². The molecule has 136 valence electrons. The van der Waals surface area contributed by atoms with E-state index in [9.17, 15) is 0 Å². The first-order chi connectivity index (χ1) is 12.1. The van der Waals surface area contributed by atoms with Crippen molar-refractivity contribution in [2.24, 2.45) is 0 Å². The molecule has 2 aromatic carbocycles. The van der Waals surface area contributed by atoms with Gasteiger partial charge in [0.15, 0.2) is 11.5 Å². The molecule has 25 heavy (non-hydrogen) atoms. The Hall–Kier alpha value is -1.46. The lowest BCUT2D eigenvalue weighted by Gasteiger charge is -2.13. The number of ether oxygens (including phenoxy) is 2. The van der Waals surface area contributed by atoms with Crippen molar-refractivity contribution in [1.29, 1.82) is 0 Å². The van der Waals surface area contributed by atoms with Crippen LogP contribution in [0.4, 0.5) is 0 Å². The summed E-state index contributed by atoms with van der Waals surface area (Å²) in [5.41, 5.74) is 2.11. The first-order valence-electron chi connectivity index (χ1n) is 8.23. The van der Waals surface area contributed by atoms with Crippen molar-refractivity contribution in [1.82, 2.24) is 10.6 Å². The quantitative estimate of drug-likeness (QED) is 0.601. The van der Waals surface area contributed by atoms with Gasteiger partial charge in [0.2, 0.25) is 0 Å². The van der Waals surface area contributed by atoms with E-state index in [-0.39, 0.29) is 0 Å². The summed E-state index contributed by atoms with van der Waals surface area (Å²) in [4.78, 5) is 0. The predicted molar refractivity (Wildman–Crippen MR) is 104 cm³/mol. The molecule has 4 nitrogen and oxygen atoms in total. The van der Waals surface area contributed by atoms with Gasteiger partial charge in [0.1, 0.15) is 6.61 Å². The zero-order chi connectivity index (χ0) is 18.1. The fourth-order valence-electron chi connectivity index (χ4n) is 2.35. The molecule has 2 rings (SSSR count). The van der Waals surface area contributed by atoms with Crippen LogP contribution in [0.2, 0.25) is 10.0 Å². The molecule has 0 fully saturated rings. The van der Waals surface area contributed by atoms with E-state index in [0.29, 0.717) is 22.4 Å². The van der Waals surface area contributed by atoms with Gasteiger partial charge in [-0.15, -0.1) is 0 Å². The van der Waals surface area contributed by atoms with Gasteiger partial charge in [0.05, 0.1) is 17.2 Å². The van der Waals surface area contributed by atoms with Gasteiger partial charge in [0.25, 0.3) is 0 Å². The molecule has 0 aliphatic heterocycles. The van der Waals surface area contributed by atoms with Crippen LogP contribution >= 0.6 is 23.2 Å². The minimum atomic E-state index is 0.398. The Labute approximate surface area is 159 Å². The average molecular weight is 383 g/mol. The van der Waals surface area contributed by atoms with Crippen molar-refractivity contribution < 1.29 is 9.47 Å². The minimum absolute atomic E-state index is 0.398. The zero-order valence-electron chi connectivity index (χ0n) is 14.6. The van der Waals surface area contributed by atoms with Crippen LogP contribution < -0.4 is 20.1 Å². The molecule has 2 aromatic rings. The third-order valence-electron chi connectivity index (χ3n) is 3.72. The van der Waals surface area contributed by atoms with Crippen LogP contribution in [-0.2, 0) is 13.2 Å². The Kier molecular flexibility index (Phi) is 8.35. The van der Waals surface area contributed by atoms with Gasteiger partial charge in [-0.3, -0.25) is 0 Å². The molecule has 6 heteroatoms. The molecule has 0 unspecified atom stereocenters. The van der Waals surface area contributed by atoms with Gasteiger partial charge in [-0.2, -0.15) is 0 Å². The lowest BCUT2D eigenvalue weighted by Crippen LogP contribution is -2.19. The van der Waals surface area contributed by atoms with E-state index in [1.807, 2.05) is 31.3 Å². The second-order valence-electron chi connectivity index (χ2n) is 5.66. The Morgan fingerprint density at radius 1 is 0.920 bits per heavy atom. The molecule has 0 aliphatic carbocycles. The van der Waals surface area contributed by atoms with Crippen molar-refractivity contribution in [3.63, 3.8) is 0 Å². The molecule has 0 aliphatic rings. The highest BCUT2D eigenvalue weighted by Crippen LogP contribution is 2.29. The second kappa shape index (κ2) is 10.5. The lowest BCUT2D eigenvalue weighted by molar-refractivity contribution is 0.284. The van der Waals surface area contributed by atoms with E-state index in [1.54, 1.807) is 19.2 Å². The molecule has 0 saturated carbocycles. The van der Waals surface area contributed by atoms with Crippen molar-refractivity contribution in [3.05, 3.63) is 57.6 Å². The predicted octanol–water partition coefficient (Wildman–Crippen LogP) is 4.28. The zero-order valence-corrected chi connectivity index (χ0v) is 16.1. The monoisotopic (exact) mass is 382 g/mol. The number of hydrogen-bond donors (Lipinski definition) is 2. The number of rotatable bonds is 10. The first kappa shape index (κ1) is 19.9. The summed E-state index contributed by atoms with van der Waals surface area (Å²) < 4.78 is 11.3. The molecule has 0 atom stereocenters. The van der Waals surface area contributed by atoms with Crippen LogP contribution in [0.25, 0.3) is 0 Å². The van der Waals surface area contributed by atoms with E-state index >= 15 is 0 Å². The summed E-state index contributed by atoms with van der Waals surface area (Å²) in [5, 5.41) is 7.61. The van der Waals surface area contributed by atoms with Crippen LogP contribution in [0.15, 0.2) is 36.4 Å². The topological polar surface area (TPSA) is 42.5 Å². The van der Waals surface area contributed by atoms with Crippen LogP contribution in [0.3, 0.4) is 0 Å². The molecule has 0 spiro atoms. The Morgan fingerprint density at radius 2 is 1.72 bits per heavy atom. The van der Waals surface area contributed by atoms with Crippen LogP contribution in [0.1, 0.15) is 17.5 Å². The standard InChI is InChI=1S/C19H24Cl2N2O2/c1-22-8-3-9-23-12-14-5-7-18(19(11-14)24-2)25-13-15-4-6-16(20)17(21)10-15/h4-7,10-11,22-23H,3,8-9,12-13H2,1-2H3. The average Bonchev–Trinajstić information content (AvgIpc) is 2.63.